The Morgan fingerprint density at radius 3 is 1.86 bits per heavy atom. The molecule has 1 fully saturated rings. The molecule has 22 heavy (non-hydrogen) atoms. The fourth-order valence-corrected chi connectivity index (χ4v) is 3.48. The minimum atomic E-state index is 0.814. The molecule has 0 atom stereocenters. The zero-order valence-electron chi connectivity index (χ0n) is 12.6. The maximum Gasteiger partial charge on any atom is 0.127 e. The summed E-state index contributed by atoms with van der Waals surface area (Å²) < 4.78 is 0. The van der Waals surface area contributed by atoms with Crippen molar-refractivity contribution in [3.8, 4) is 0 Å². The molecule has 0 unspecified atom stereocenters. The number of hydrogen-bond acceptors (Lipinski definition) is 0. The van der Waals surface area contributed by atoms with Crippen LogP contribution in [0.2, 0.25) is 10.0 Å². The van der Waals surface area contributed by atoms with E-state index in [1.165, 1.54) is 37.3 Å². The lowest BCUT2D eigenvalue weighted by molar-refractivity contribution is -1.02. The SMILES string of the molecule is Clc1ccc(C[NH+]2CC[NH+](Cc3cccc(Cl)c3)CC2)cc1. The number of halogens is 2. The second kappa shape index (κ2) is 7.47. The van der Waals surface area contributed by atoms with Crippen LogP contribution in [0.15, 0.2) is 48.5 Å². The second-order valence-corrected chi connectivity index (χ2v) is 6.98. The molecule has 2 aromatic rings. The summed E-state index contributed by atoms with van der Waals surface area (Å²) in [5, 5.41) is 1.65. The van der Waals surface area contributed by atoms with Gasteiger partial charge in [0.15, 0.2) is 0 Å². The monoisotopic (exact) mass is 336 g/mol. The first-order valence-electron chi connectivity index (χ1n) is 7.85. The normalized spacial score (nSPS) is 21.7. The molecule has 2 N–H and O–H groups in total. The van der Waals surface area contributed by atoms with Crippen molar-refractivity contribution in [1.29, 1.82) is 0 Å². The summed E-state index contributed by atoms with van der Waals surface area (Å²) in [4.78, 5) is 3.32. The summed E-state index contributed by atoms with van der Waals surface area (Å²) in [6.07, 6.45) is 0. The summed E-state index contributed by atoms with van der Waals surface area (Å²) in [5.74, 6) is 0. The van der Waals surface area contributed by atoms with E-state index >= 15 is 0 Å². The predicted octanol–water partition coefficient (Wildman–Crippen LogP) is 1.48. The minimum Gasteiger partial charge on any atom is -0.322 e. The Bertz CT molecular complexity index is 605. The van der Waals surface area contributed by atoms with E-state index in [1.807, 2.05) is 24.3 Å². The van der Waals surface area contributed by atoms with Crippen LogP contribution in [0.4, 0.5) is 0 Å². The molecule has 1 saturated heterocycles. The van der Waals surface area contributed by atoms with Gasteiger partial charge < -0.3 is 9.80 Å². The number of rotatable bonds is 4. The van der Waals surface area contributed by atoms with E-state index in [4.69, 9.17) is 23.2 Å². The molecule has 3 rings (SSSR count). The van der Waals surface area contributed by atoms with Crippen molar-refractivity contribution < 1.29 is 9.80 Å². The molecular weight excluding hydrogens is 315 g/mol. The number of hydrogen-bond donors (Lipinski definition) is 2. The summed E-state index contributed by atoms with van der Waals surface area (Å²) in [6, 6.07) is 16.5. The largest absolute Gasteiger partial charge is 0.322 e. The highest BCUT2D eigenvalue weighted by Crippen LogP contribution is 2.10. The van der Waals surface area contributed by atoms with Crippen molar-refractivity contribution in [3.05, 3.63) is 69.7 Å². The van der Waals surface area contributed by atoms with Crippen LogP contribution < -0.4 is 9.80 Å². The average molecular weight is 337 g/mol. The van der Waals surface area contributed by atoms with Gasteiger partial charge in [0.1, 0.15) is 39.3 Å². The molecule has 1 aliphatic rings. The van der Waals surface area contributed by atoms with E-state index in [-0.39, 0.29) is 0 Å². The van der Waals surface area contributed by atoms with Crippen LogP contribution in [0.5, 0.6) is 0 Å². The topological polar surface area (TPSA) is 8.88 Å². The lowest BCUT2D eigenvalue weighted by Gasteiger charge is -2.29. The highest BCUT2D eigenvalue weighted by molar-refractivity contribution is 6.30. The third-order valence-electron chi connectivity index (χ3n) is 4.37. The molecule has 0 saturated carbocycles. The van der Waals surface area contributed by atoms with E-state index in [9.17, 15) is 0 Å². The van der Waals surface area contributed by atoms with Crippen LogP contribution in [0.25, 0.3) is 0 Å². The van der Waals surface area contributed by atoms with E-state index in [0.29, 0.717) is 0 Å². The van der Waals surface area contributed by atoms with E-state index < -0.39 is 0 Å². The number of quaternary nitrogens is 2. The zero-order valence-corrected chi connectivity index (χ0v) is 14.1. The van der Waals surface area contributed by atoms with E-state index in [0.717, 1.165) is 23.1 Å². The van der Waals surface area contributed by atoms with Crippen LogP contribution in [0.3, 0.4) is 0 Å². The molecule has 0 spiro atoms. The molecule has 0 bridgehead atoms. The fourth-order valence-electron chi connectivity index (χ4n) is 3.14. The molecular formula is C18H22Cl2N2+2. The van der Waals surface area contributed by atoms with Crippen LogP contribution in [0.1, 0.15) is 11.1 Å². The molecule has 1 heterocycles. The van der Waals surface area contributed by atoms with Crippen molar-refractivity contribution in [1.82, 2.24) is 0 Å². The van der Waals surface area contributed by atoms with Crippen LogP contribution in [-0.4, -0.2) is 26.2 Å². The molecule has 0 aliphatic carbocycles. The second-order valence-electron chi connectivity index (χ2n) is 6.11. The van der Waals surface area contributed by atoms with Gasteiger partial charge in [-0.2, -0.15) is 0 Å². The average Bonchev–Trinajstić information content (AvgIpc) is 2.52. The first-order chi connectivity index (χ1) is 10.7. The Morgan fingerprint density at radius 2 is 1.27 bits per heavy atom. The lowest BCUT2D eigenvalue weighted by Crippen LogP contribution is -3.27. The van der Waals surface area contributed by atoms with Crippen molar-refractivity contribution in [3.63, 3.8) is 0 Å². The molecule has 2 aromatic carbocycles. The Morgan fingerprint density at radius 1 is 0.682 bits per heavy atom. The van der Waals surface area contributed by atoms with Gasteiger partial charge in [-0.1, -0.05) is 47.5 Å². The predicted molar refractivity (Wildman–Crippen MR) is 91.7 cm³/mol. The highest BCUT2D eigenvalue weighted by Gasteiger charge is 2.23. The molecule has 2 nitrogen and oxygen atoms in total. The third kappa shape index (κ3) is 4.47. The lowest BCUT2D eigenvalue weighted by atomic mass is 10.1. The van der Waals surface area contributed by atoms with Gasteiger partial charge in [-0.25, -0.2) is 0 Å². The molecule has 1 aliphatic heterocycles. The fraction of sp³-hybridized carbons (Fsp3) is 0.333. The quantitative estimate of drug-likeness (QED) is 0.836. The van der Waals surface area contributed by atoms with Crippen LogP contribution in [0, 0.1) is 0 Å². The van der Waals surface area contributed by atoms with Crippen LogP contribution in [-0.2, 0) is 13.1 Å². The van der Waals surface area contributed by atoms with Gasteiger partial charge in [0.2, 0.25) is 0 Å². The molecule has 4 heteroatoms. The summed E-state index contributed by atoms with van der Waals surface area (Å²) >= 11 is 12.0. The van der Waals surface area contributed by atoms with Gasteiger partial charge in [-0.15, -0.1) is 0 Å². The summed E-state index contributed by atoms with van der Waals surface area (Å²) in [7, 11) is 0. The maximum atomic E-state index is 6.06. The van der Waals surface area contributed by atoms with Crippen molar-refractivity contribution in [2.45, 2.75) is 13.1 Å². The Balaban J connectivity index is 1.49. The Labute approximate surface area is 142 Å². The zero-order chi connectivity index (χ0) is 15.4. The Kier molecular flexibility index (Phi) is 5.37. The smallest absolute Gasteiger partial charge is 0.127 e. The van der Waals surface area contributed by atoms with Crippen molar-refractivity contribution in [2.24, 2.45) is 0 Å². The third-order valence-corrected chi connectivity index (χ3v) is 4.86. The van der Waals surface area contributed by atoms with Crippen molar-refractivity contribution in [2.75, 3.05) is 26.2 Å². The first-order valence-corrected chi connectivity index (χ1v) is 8.61. The highest BCUT2D eigenvalue weighted by atomic mass is 35.5. The van der Waals surface area contributed by atoms with Gasteiger partial charge in [0.05, 0.1) is 0 Å². The van der Waals surface area contributed by atoms with Gasteiger partial charge in [-0.3, -0.25) is 0 Å². The number of piperazine rings is 1. The maximum absolute atomic E-state index is 6.06. The van der Waals surface area contributed by atoms with Gasteiger partial charge in [-0.05, 0) is 24.3 Å². The Hall–Kier alpha value is -1.06. The van der Waals surface area contributed by atoms with Crippen molar-refractivity contribution >= 4 is 23.2 Å². The molecule has 0 radical (unpaired) electrons. The summed E-state index contributed by atoms with van der Waals surface area (Å²) in [6.45, 7) is 7.05. The van der Waals surface area contributed by atoms with E-state index in [2.05, 4.69) is 24.3 Å². The molecule has 116 valence electrons. The number of nitrogens with one attached hydrogen (secondary N) is 2. The molecule has 0 aromatic heterocycles. The van der Waals surface area contributed by atoms with Crippen LogP contribution >= 0.6 is 23.2 Å². The summed E-state index contributed by atoms with van der Waals surface area (Å²) in [5.41, 5.74) is 2.71. The van der Waals surface area contributed by atoms with Gasteiger partial charge in [0.25, 0.3) is 0 Å². The minimum absolute atomic E-state index is 0.814. The standard InChI is InChI=1S/C18H20Cl2N2/c19-17-6-4-15(5-7-17)13-21-8-10-22(11-9-21)14-16-2-1-3-18(20)12-16/h1-7,12H,8-11,13-14H2/p+2. The molecule has 0 amide bonds. The number of benzene rings is 2. The first kappa shape index (κ1) is 15.8. The van der Waals surface area contributed by atoms with Gasteiger partial charge >= 0.3 is 0 Å². The van der Waals surface area contributed by atoms with Gasteiger partial charge in [0, 0.05) is 21.2 Å². The van der Waals surface area contributed by atoms with E-state index in [1.54, 1.807) is 9.80 Å².